The fraction of sp³-hybridized carbons (Fsp3) is 0.281. The number of alkyl halides is 3. The van der Waals surface area contributed by atoms with Crippen LogP contribution in [0, 0.1) is 0 Å². The molecular formula is C32H35F3N4O8. The average molecular weight is 661 g/mol. The smallest absolute Gasteiger partial charge is 0.490 e. The Hall–Kier alpha value is -5.60. The highest BCUT2D eigenvalue weighted by atomic mass is 19.4. The van der Waals surface area contributed by atoms with Crippen molar-refractivity contribution in [1.82, 2.24) is 16.0 Å². The lowest BCUT2D eigenvalue weighted by atomic mass is 9.99. The summed E-state index contributed by atoms with van der Waals surface area (Å²) >= 11 is 0. The maximum absolute atomic E-state index is 12.5. The Morgan fingerprint density at radius 1 is 0.809 bits per heavy atom. The summed E-state index contributed by atoms with van der Waals surface area (Å²) in [4.78, 5) is 56.9. The molecule has 0 saturated carbocycles. The first-order chi connectivity index (χ1) is 22.3. The lowest BCUT2D eigenvalue weighted by Crippen LogP contribution is -2.39. The molecule has 1 unspecified atom stereocenters. The van der Waals surface area contributed by atoms with Crippen LogP contribution in [0.3, 0.4) is 0 Å². The van der Waals surface area contributed by atoms with Crippen molar-refractivity contribution in [2.24, 2.45) is 0 Å². The minimum absolute atomic E-state index is 0.186. The summed E-state index contributed by atoms with van der Waals surface area (Å²) < 4.78 is 36.9. The van der Waals surface area contributed by atoms with E-state index in [-0.39, 0.29) is 31.3 Å². The first kappa shape index (κ1) is 37.6. The van der Waals surface area contributed by atoms with E-state index in [0.717, 1.165) is 11.1 Å². The predicted octanol–water partition coefficient (Wildman–Crippen LogP) is 4.74. The fourth-order valence-corrected chi connectivity index (χ4v) is 3.97. The van der Waals surface area contributed by atoms with Gasteiger partial charge in [0.15, 0.2) is 0 Å². The zero-order valence-electron chi connectivity index (χ0n) is 25.3. The van der Waals surface area contributed by atoms with E-state index in [1.54, 1.807) is 43.5 Å². The van der Waals surface area contributed by atoms with Gasteiger partial charge in [-0.3, -0.25) is 14.4 Å². The van der Waals surface area contributed by atoms with E-state index in [2.05, 4.69) is 21.3 Å². The van der Waals surface area contributed by atoms with Gasteiger partial charge in [-0.05, 0) is 41.7 Å². The number of amides is 4. The van der Waals surface area contributed by atoms with Crippen molar-refractivity contribution < 1.29 is 52.1 Å². The van der Waals surface area contributed by atoms with E-state index in [0.29, 0.717) is 36.4 Å². The van der Waals surface area contributed by atoms with Crippen LogP contribution in [0.5, 0.6) is 5.75 Å². The van der Waals surface area contributed by atoms with Crippen molar-refractivity contribution in [2.75, 3.05) is 25.5 Å². The highest BCUT2D eigenvalue weighted by molar-refractivity contribution is 5.89. The number of carboxylic acid groups (broad SMARTS) is 2. The normalized spacial score (nSPS) is 11.1. The van der Waals surface area contributed by atoms with E-state index in [4.69, 9.17) is 14.6 Å². The molecule has 0 spiro atoms. The topological polar surface area (TPSA) is 183 Å². The fourth-order valence-electron chi connectivity index (χ4n) is 3.97. The number of anilines is 1. The van der Waals surface area contributed by atoms with Crippen molar-refractivity contribution >= 4 is 35.5 Å². The molecule has 0 aliphatic carbocycles. The molecule has 12 nitrogen and oxygen atoms in total. The molecule has 0 aliphatic rings. The number of carbonyl (C=O) groups excluding carboxylic acids is 3. The van der Waals surface area contributed by atoms with Gasteiger partial charge in [-0.15, -0.1) is 0 Å². The molecule has 252 valence electrons. The molecule has 47 heavy (non-hydrogen) atoms. The molecule has 3 aromatic carbocycles. The van der Waals surface area contributed by atoms with Gasteiger partial charge in [-0.2, -0.15) is 13.2 Å². The SMILES string of the molecule is COc1cccc(NC(=O)NCCCCC(=O)NCC(=O)NC(CC(=O)O)c2ccc(-c3ccccc3)cc2)c1.O=C(O)C(F)(F)F. The molecular weight excluding hydrogens is 625 g/mol. The van der Waals surface area contributed by atoms with Crippen LogP contribution in [0.4, 0.5) is 23.7 Å². The molecule has 0 aromatic heterocycles. The van der Waals surface area contributed by atoms with Gasteiger partial charge >= 0.3 is 24.1 Å². The number of carboxylic acids is 2. The molecule has 4 amide bonds. The molecule has 3 aromatic rings. The number of nitrogens with one attached hydrogen (secondary N) is 4. The van der Waals surface area contributed by atoms with Crippen molar-refractivity contribution in [1.29, 1.82) is 0 Å². The third-order valence-corrected chi connectivity index (χ3v) is 6.27. The Morgan fingerprint density at radius 2 is 1.45 bits per heavy atom. The van der Waals surface area contributed by atoms with Gasteiger partial charge in [-0.1, -0.05) is 60.7 Å². The van der Waals surface area contributed by atoms with Crippen molar-refractivity contribution in [3.05, 3.63) is 84.4 Å². The van der Waals surface area contributed by atoms with Crippen LogP contribution in [-0.4, -0.2) is 66.4 Å². The minimum atomic E-state index is -5.08. The first-order valence-corrected chi connectivity index (χ1v) is 14.2. The number of carbonyl (C=O) groups is 5. The van der Waals surface area contributed by atoms with Crippen molar-refractivity contribution in [3.8, 4) is 16.9 Å². The summed E-state index contributed by atoms with van der Waals surface area (Å²) in [6.07, 6.45) is -4.10. The molecule has 3 rings (SSSR count). The summed E-state index contributed by atoms with van der Waals surface area (Å²) in [6, 6.07) is 23.0. The van der Waals surface area contributed by atoms with Crippen LogP contribution in [0.2, 0.25) is 0 Å². The van der Waals surface area contributed by atoms with Gasteiger partial charge in [0.2, 0.25) is 11.8 Å². The second-order valence-corrected chi connectivity index (χ2v) is 9.86. The number of aliphatic carboxylic acids is 2. The van der Waals surface area contributed by atoms with Gasteiger partial charge in [0.05, 0.1) is 26.1 Å². The van der Waals surface area contributed by atoms with E-state index in [1.165, 1.54) is 0 Å². The molecule has 0 bridgehead atoms. The van der Waals surface area contributed by atoms with E-state index in [9.17, 15) is 37.5 Å². The summed E-state index contributed by atoms with van der Waals surface area (Å²) in [5, 5.41) is 27.1. The molecule has 6 N–H and O–H groups in total. The molecule has 15 heteroatoms. The van der Waals surface area contributed by atoms with Crippen LogP contribution in [-0.2, 0) is 19.2 Å². The van der Waals surface area contributed by atoms with Gasteiger partial charge in [0.1, 0.15) is 5.75 Å². The zero-order valence-corrected chi connectivity index (χ0v) is 25.3. The summed E-state index contributed by atoms with van der Waals surface area (Å²) in [5.74, 6) is -3.97. The summed E-state index contributed by atoms with van der Waals surface area (Å²) in [5.41, 5.74) is 3.27. The Kier molecular flexibility index (Phi) is 15.2. The van der Waals surface area contributed by atoms with Gasteiger partial charge in [0.25, 0.3) is 0 Å². The Bertz CT molecular complexity index is 1490. The summed E-state index contributed by atoms with van der Waals surface area (Å²) in [6.45, 7) is 0.113. The predicted molar refractivity (Wildman–Crippen MR) is 166 cm³/mol. The molecule has 0 saturated heterocycles. The third kappa shape index (κ3) is 14.8. The number of hydrogen-bond donors (Lipinski definition) is 6. The number of rotatable bonds is 14. The van der Waals surface area contributed by atoms with Crippen LogP contribution in [0.25, 0.3) is 11.1 Å². The van der Waals surface area contributed by atoms with Crippen LogP contribution in [0.15, 0.2) is 78.9 Å². The number of unbranched alkanes of at least 4 members (excludes halogenated alkanes) is 1. The van der Waals surface area contributed by atoms with Gasteiger partial charge in [-0.25, -0.2) is 9.59 Å². The molecule has 0 heterocycles. The number of hydrogen-bond acceptors (Lipinski definition) is 6. The quantitative estimate of drug-likeness (QED) is 0.134. The highest BCUT2D eigenvalue weighted by Gasteiger charge is 2.38. The average Bonchev–Trinajstić information content (AvgIpc) is 3.03. The Balaban J connectivity index is 0.000000984. The van der Waals surface area contributed by atoms with Crippen molar-refractivity contribution in [2.45, 2.75) is 37.9 Å². The van der Waals surface area contributed by atoms with Gasteiger partial charge < -0.3 is 36.2 Å². The minimum Gasteiger partial charge on any atom is -0.497 e. The Morgan fingerprint density at radius 3 is 2.04 bits per heavy atom. The number of ether oxygens (including phenoxy) is 1. The van der Waals surface area contributed by atoms with E-state index in [1.807, 2.05) is 42.5 Å². The zero-order chi connectivity index (χ0) is 34.8. The lowest BCUT2D eigenvalue weighted by Gasteiger charge is -2.18. The molecule has 0 radical (unpaired) electrons. The van der Waals surface area contributed by atoms with Crippen molar-refractivity contribution in [3.63, 3.8) is 0 Å². The summed E-state index contributed by atoms with van der Waals surface area (Å²) in [7, 11) is 1.55. The van der Waals surface area contributed by atoms with Crippen LogP contribution < -0.4 is 26.0 Å². The molecule has 1 atom stereocenters. The molecule has 0 aliphatic heterocycles. The standard InChI is InChI=1S/C30H34N4O6.C2HF3O2/c1-40-25-11-7-10-24(18-25)33-30(39)31-17-6-5-12-27(35)32-20-28(36)34-26(19-29(37)38)23-15-13-22(14-16-23)21-8-3-2-4-9-21;3-2(4,5)1(6)7/h2-4,7-11,13-16,18,26H,5-6,12,17,19-20H2,1H3,(H,32,35)(H,34,36)(H,37,38)(H2,31,33,39);(H,6,7). The largest absolute Gasteiger partial charge is 0.497 e. The van der Waals surface area contributed by atoms with Crippen LogP contribution in [0.1, 0.15) is 37.3 Å². The third-order valence-electron chi connectivity index (χ3n) is 6.27. The highest BCUT2D eigenvalue weighted by Crippen LogP contribution is 2.23. The molecule has 0 fully saturated rings. The Labute approximate surface area is 268 Å². The van der Waals surface area contributed by atoms with E-state index >= 15 is 0 Å². The number of halogens is 3. The number of methoxy groups -OCH3 is 1. The maximum Gasteiger partial charge on any atom is 0.490 e. The number of urea groups is 1. The maximum atomic E-state index is 12.5. The number of benzene rings is 3. The first-order valence-electron chi connectivity index (χ1n) is 14.2. The lowest BCUT2D eigenvalue weighted by molar-refractivity contribution is -0.192. The monoisotopic (exact) mass is 660 g/mol. The second kappa shape index (κ2) is 19.0. The van der Waals surface area contributed by atoms with Crippen LogP contribution >= 0.6 is 0 Å². The van der Waals surface area contributed by atoms with E-state index < -0.39 is 30.1 Å². The second-order valence-electron chi connectivity index (χ2n) is 9.86. The van der Waals surface area contributed by atoms with Gasteiger partial charge in [0, 0.05) is 24.7 Å².